The van der Waals surface area contributed by atoms with E-state index in [0.29, 0.717) is 16.9 Å². The zero-order chi connectivity index (χ0) is 16.9. The van der Waals surface area contributed by atoms with E-state index < -0.39 is 0 Å². The molecule has 3 rings (SSSR count). The van der Waals surface area contributed by atoms with Crippen LogP contribution in [0.25, 0.3) is 0 Å². The van der Waals surface area contributed by atoms with Gasteiger partial charge in [0.1, 0.15) is 0 Å². The van der Waals surface area contributed by atoms with Crippen LogP contribution in [0.3, 0.4) is 0 Å². The predicted molar refractivity (Wildman–Crippen MR) is 92.2 cm³/mol. The summed E-state index contributed by atoms with van der Waals surface area (Å²) in [5.41, 5.74) is 2.68. The van der Waals surface area contributed by atoms with Gasteiger partial charge < -0.3 is 15.1 Å². The molecule has 0 fully saturated rings. The first-order chi connectivity index (χ1) is 11.6. The zero-order valence-electron chi connectivity index (χ0n) is 13.1. The van der Waals surface area contributed by atoms with Gasteiger partial charge in [0.2, 0.25) is 0 Å². The summed E-state index contributed by atoms with van der Waals surface area (Å²) in [4.78, 5) is 24.3. The number of rotatable bonds is 4. The van der Waals surface area contributed by atoms with Crippen LogP contribution in [-0.2, 0) is 0 Å². The number of furan rings is 1. The van der Waals surface area contributed by atoms with E-state index in [-0.39, 0.29) is 17.6 Å². The van der Waals surface area contributed by atoms with Crippen molar-refractivity contribution in [2.45, 2.75) is 6.92 Å². The molecule has 120 valence electrons. The molecule has 5 heteroatoms. The maximum absolute atomic E-state index is 12.3. The first-order valence-corrected chi connectivity index (χ1v) is 7.45. The third-order valence-electron chi connectivity index (χ3n) is 3.51. The molecule has 0 bridgehead atoms. The van der Waals surface area contributed by atoms with Gasteiger partial charge in [0.25, 0.3) is 11.8 Å². The molecular formula is C19H16N2O3. The average Bonchev–Trinajstić information content (AvgIpc) is 3.10. The maximum atomic E-state index is 12.3. The molecule has 2 amide bonds. The van der Waals surface area contributed by atoms with Crippen LogP contribution in [0.5, 0.6) is 0 Å². The second-order valence-corrected chi connectivity index (χ2v) is 5.28. The van der Waals surface area contributed by atoms with Crippen LogP contribution in [0.2, 0.25) is 0 Å². The second kappa shape index (κ2) is 6.83. The Bertz CT molecular complexity index is 870. The number of anilines is 2. The van der Waals surface area contributed by atoms with Gasteiger partial charge >= 0.3 is 0 Å². The van der Waals surface area contributed by atoms with Gasteiger partial charge in [-0.05, 0) is 48.9 Å². The van der Waals surface area contributed by atoms with E-state index in [1.165, 1.54) is 6.26 Å². The molecule has 0 spiro atoms. The summed E-state index contributed by atoms with van der Waals surface area (Å²) >= 11 is 0. The Labute approximate surface area is 139 Å². The number of carbonyl (C=O) groups is 2. The summed E-state index contributed by atoms with van der Waals surface area (Å²) in [6.45, 7) is 1.88. The van der Waals surface area contributed by atoms with Gasteiger partial charge in [0.05, 0.1) is 6.26 Å². The molecule has 0 saturated carbocycles. The summed E-state index contributed by atoms with van der Waals surface area (Å²) in [7, 11) is 0. The molecule has 24 heavy (non-hydrogen) atoms. The Morgan fingerprint density at radius 2 is 1.54 bits per heavy atom. The summed E-state index contributed by atoms with van der Waals surface area (Å²) in [5.74, 6) is -0.311. The molecule has 0 aliphatic carbocycles. The van der Waals surface area contributed by atoms with E-state index in [1.54, 1.807) is 42.5 Å². The van der Waals surface area contributed by atoms with E-state index in [9.17, 15) is 9.59 Å². The zero-order valence-corrected chi connectivity index (χ0v) is 13.1. The first kappa shape index (κ1) is 15.6. The van der Waals surface area contributed by atoms with E-state index in [0.717, 1.165) is 5.56 Å². The fourth-order valence-electron chi connectivity index (χ4n) is 2.30. The van der Waals surface area contributed by atoms with Crippen LogP contribution in [0.4, 0.5) is 11.4 Å². The van der Waals surface area contributed by atoms with Crippen LogP contribution >= 0.6 is 0 Å². The van der Waals surface area contributed by atoms with Gasteiger partial charge in [-0.1, -0.05) is 24.3 Å². The van der Waals surface area contributed by atoms with Gasteiger partial charge in [-0.2, -0.15) is 0 Å². The standard InChI is InChI=1S/C19H16N2O3/c1-13-6-2-3-9-16(13)18(22)20-14-7-4-8-15(12-14)21-19(23)17-10-5-11-24-17/h2-12H,1H3,(H,20,22)(H,21,23). The van der Waals surface area contributed by atoms with Gasteiger partial charge in [-0.15, -0.1) is 0 Å². The first-order valence-electron chi connectivity index (χ1n) is 7.45. The highest BCUT2D eigenvalue weighted by Gasteiger charge is 2.11. The highest BCUT2D eigenvalue weighted by molar-refractivity contribution is 6.06. The topological polar surface area (TPSA) is 71.3 Å². The summed E-state index contributed by atoms with van der Waals surface area (Å²) in [6.07, 6.45) is 1.44. The Hall–Kier alpha value is -3.34. The smallest absolute Gasteiger partial charge is 0.291 e. The van der Waals surface area contributed by atoms with Gasteiger partial charge in [-0.3, -0.25) is 9.59 Å². The Kier molecular flexibility index (Phi) is 4.43. The molecule has 2 aromatic carbocycles. The Morgan fingerprint density at radius 3 is 2.21 bits per heavy atom. The molecule has 0 saturated heterocycles. The minimum absolute atomic E-state index is 0.192. The predicted octanol–water partition coefficient (Wildman–Crippen LogP) is 4.09. The number of aryl methyl sites for hydroxylation is 1. The Balaban J connectivity index is 1.72. The van der Waals surface area contributed by atoms with Crippen LogP contribution < -0.4 is 10.6 Å². The molecule has 1 heterocycles. The van der Waals surface area contributed by atoms with Gasteiger partial charge in [0, 0.05) is 16.9 Å². The third-order valence-corrected chi connectivity index (χ3v) is 3.51. The molecule has 0 atom stereocenters. The lowest BCUT2D eigenvalue weighted by Crippen LogP contribution is -2.14. The molecule has 1 aromatic heterocycles. The van der Waals surface area contributed by atoms with Crippen molar-refractivity contribution < 1.29 is 14.0 Å². The fraction of sp³-hybridized carbons (Fsp3) is 0.0526. The number of benzene rings is 2. The van der Waals surface area contributed by atoms with E-state index in [2.05, 4.69) is 10.6 Å². The van der Waals surface area contributed by atoms with Crippen molar-refractivity contribution >= 4 is 23.2 Å². The number of hydrogen-bond acceptors (Lipinski definition) is 3. The quantitative estimate of drug-likeness (QED) is 0.760. The van der Waals surface area contributed by atoms with Crippen molar-refractivity contribution in [1.29, 1.82) is 0 Å². The van der Waals surface area contributed by atoms with Crippen molar-refractivity contribution in [3.05, 3.63) is 83.8 Å². The lowest BCUT2D eigenvalue weighted by atomic mass is 10.1. The minimum Gasteiger partial charge on any atom is -0.459 e. The van der Waals surface area contributed by atoms with Crippen molar-refractivity contribution in [2.75, 3.05) is 10.6 Å². The molecule has 0 aliphatic heterocycles. The summed E-state index contributed by atoms with van der Waals surface area (Å²) in [6, 6.07) is 17.5. The molecule has 2 N–H and O–H groups in total. The highest BCUT2D eigenvalue weighted by Crippen LogP contribution is 2.18. The molecule has 0 radical (unpaired) electrons. The largest absolute Gasteiger partial charge is 0.459 e. The number of carbonyl (C=O) groups excluding carboxylic acids is 2. The van der Waals surface area contributed by atoms with Crippen LogP contribution in [0.1, 0.15) is 26.5 Å². The average molecular weight is 320 g/mol. The number of nitrogens with one attached hydrogen (secondary N) is 2. The Morgan fingerprint density at radius 1 is 0.833 bits per heavy atom. The van der Waals surface area contributed by atoms with Crippen LogP contribution in [0, 0.1) is 6.92 Å². The minimum atomic E-state index is -0.345. The molecule has 0 aliphatic rings. The molecule has 0 unspecified atom stereocenters. The maximum Gasteiger partial charge on any atom is 0.291 e. The molecular weight excluding hydrogens is 304 g/mol. The summed E-state index contributed by atoms with van der Waals surface area (Å²) < 4.78 is 5.05. The molecule has 5 nitrogen and oxygen atoms in total. The van der Waals surface area contributed by atoms with Gasteiger partial charge in [0.15, 0.2) is 5.76 Å². The lowest BCUT2D eigenvalue weighted by Gasteiger charge is -2.09. The third kappa shape index (κ3) is 3.52. The van der Waals surface area contributed by atoms with Crippen molar-refractivity contribution in [2.24, 2.45) is 0 Å². The fourth-order valence-corrected chi connectivity index (χ4v) is 2.30. The molecule has 3 aromatic rings. The lowest BCUT2D eigenvalue weighted by molar-refractivity contribution is 0.0995. The van der Waals surface area contributed by atoms with E-state index in [4.69, 9.17) is 4.42 Å². The normalized spacial score (nSPS) is 10.2. The summed E-state index contributed by atoms with van der Waals surface area (Å²) in [5, 5.41) is 5.56. The monoisotopic (exact) mass is 320 g/mol. The number of hydrogen-bond donors (Lipinski definition) is 2. The van der Waals surface area contributed by atoms with Crippen molar-refractivity contribution in [1.82, 2.24) is 0 Å². The van der Waals surface area contributed by atoms with Crippen molar-refractivity contribution in [3.8, 4) is 0 Å². The highest BCUT2D eigenvalue weighted by atomic mass is 16.3. The SMILES string of the molecule is Cc1ccccc1C(=O)Nc1cccc(NC(=O)c2ccco2)c1. The van der Waals surface area contributed by atoms with E-state index >= 15 is 0 Å². The van der Waals surface area contributed by atoms with Crippen LogP contribution in [-0.4, -0.2) is 11.8 Å². The second-order valence-electron chi connectivity index (χ2n) is 5.28. The van der Waals surface area contributed by atoms with E-state index in [1.807, 2.05) is 25.1 Å². The van der Waals surface area contributed by atoms with Crippen LogP contribution in [0.15, 0.2) is 71.3 Å². The van der Waals surface area contributed by atoms with Gasteiger partial charge in [-0.25, -0.2) is 0 Å². The number of amides is 2. The van der Waals surface area contributed by atoms with Crippen molar-refractivity contribution in [3.63, 3.8) is 0 Å².